The molecule has 0 aliphatic rings. The maximum atomic E-state index is 11.1. The Bertz CT molecular complexity index is 1060. The molecule has 3 aromatic carbocycles. The minimum absolute atomic E-state index is 0.280. The summed E-state index contributed by atoms with van der Waals surface area (Å²) >= 11 is 8.32. The monoisotopic (exact) mass is 501 g/mol. The summed E-state index contributed by atoms with van der Waals surface area (Å²) in [6, 6.07) is 25.5. The molecule has 6 heteroatoms. The first-order valence-electron chi connectivity index (χ1n) is 11.5. The summed E-state index contributed by atoms with van der Waals surface area (Å²) in [5, 5.41) is 0.745. The van der Waals surface area contributed by atoms with Gasteiger partial charge in [-0.25, -0.2) is 0 Å². The van der Waals surface area contributed by atoms with Gasteiger partial charge in [0.2, 0.25) is 0 Å². The van der Waals surface area contributed by atoms with E-state index in [0.29, 0.717) is 6.42 Å². The van der Waals surface area contributed by atoms with E-state index in [1.54, 1.807) is 11.8 Å². The highest BCUT2D eigenvalue weighted by Gasteiger charge is 2.23. The third kappa shape index (κ3) is 8.63. The van der Waals surface area contributed by atoms with Crippen molar-refractivity contribution in [3.05, 3.63) is 94.5 Å². The molecule has 0 aliphatic carbocycles. The van der Waals surface area contributed by atoms with Crippen molar-refractivity contribution in [1.29, 1.82) is 0 Å². The number of benzene rings is 3. The minimum Gasteiger partial charge on any atom is -0.346 e. The Morgan fingerprint density at radius 3 is 2.30 bits per heavy atom. The van der Waals surface area contributed by atoms with Crippen LogP contribution in [0.2, 0.25) is 5.02 Å². The van der Waals surface area contributed by atoms with E-state index < -0.39 is 13.6 Å². The second-order valence-electron chi connectivity index (χ2n) is 8.60. The highest BCUT2D eigenvalue weighted by atomic mass is 35.5. The molecule has 176 valence electrons. The molecule has 0 heterocycles. The minimum atomic E-state index is -2.48. The first-order chi connectivity index (χ1) is 15.9. The van der Waals surface area contributed by atoms with Crippen molar-refractivity contribution in [2.45, 2.75) is 60.8 Å². The van der Waals surface area contributed by atoms with Crippen LogP contribution < -0.4 is 5.73 Å². The van der Waals surface area contributed by atoms with Gasteiger partial charge in [0.05, 0.1) is 0 Å². The molecule has 3 nitrogen and oxygen atoms in total. The smallest absolute Gasteiger partial charge is 0.189 e. The van der Waals surface area contributed by atoms with Gasteiger partial charge in [0.15, 0.2) is 8.03 Å². The van der Waals surface area contributed by atoms with Crippen LogP contribution in [0, 0.1) is 0 Å². The third-order valence-corrected chi connectivity index (χ3v) is 8.15. The fourth-order valence-corrected chi connectivity index (χ4v) is 5.84. The molecule has 0 radical (unpaired) electrons. The first kappa shape index (κ1) is 26.1. The number of hydrogen-bond donors (Lipinski definition) is 2. The predicted molar refractivity (Wildman–Crippen MR) is 142 cm³/mol. The maximum Gasteiger partial charge on any atom is 0.189 e. The normalized spacial score (nSPS) is 14.1. The highest BCUT2D eigenvalue weighted by molar-refractivity contribution is 7.99. The average molecular weight is 502 g/mol. The van der Waals surface area contributed by atoms with Crippen molar-refractivity contribution < 1.29 is 9.46 Å². The van der Waals surface area contributed by atoms with Gasteiger partial charge in [-0.05, 0) is 79.5 Å². The summed E-state index contributed by atoms with van der Waals surface area (Å²) in [5.41, 5.74) is 9.79. The maximum absolute atomic E-state index is 11.1. The molecule has 1 unspecified atom stereocenters. The molecule has 0 amide bonds. The van der Waals surface area contributed by atoms with E-state index in [2.05, 4.69) is 66.7 Å². The molecule has 3 N–H and O–H groups in total. The Morgan fingerprint density at radius 2 is 1.61 bits per heavy atom. The molecule has 0 saturated carbocycles. The van der Waals surface area contributed by atoms with Gasteiger partial charge in [0.25, 0.3) is 0 Å². The van der Waals surface area contributed by atoms with Gasteiger partial charge >= 0.3 is 0 Å². The third-order valence-electron chi connectivity index (χ3n) is 6.14. The molecule has 33 heavy (non-hydrogen) atoms. The van der Waals surface area contributed by atoms with Crippen molar-refractivity contribution in [1.82, 2.24) is 0 Å². The second-order valence-corrected chi connectivity index (χ2v) is 11.4. The van der Waals surface area contributed by atoms with E-state index >= 15 is 0 Å². The van der Waals surface area contributed by atoms with Crippen LogP contribution in [0.4, 0.5) is 0 Å². The number of aryl methyl sites for hydroxylation is 3. The second kappa shape index (κ2) is 12.8. The van der Waals surface area contributed by atoms with Crippen molar-refractivity contribution in [2.24, 2.45) is 5.73 Å². The van der Waals surface area contributed by atoms with E-state index in [1.165, 1.54) is 16.0 Å². The summed E-state index contributed by atoms with van der Waals surface area (Å²) in [7, 11) is -2.48. The van der Waals surface area contributed by atoms with Crippen LogP contribution in [0.3, 0.4) is 0 Å². The van der Waals surface area contributed by atoms with Gasteiger partial charge in [-0.2, -0.15) is 0 Å². The summed E-state index contributed by atoms with van der Waals surface area (Å²) in [5.74, 6) is 0. The molecular weight excluding hydrogens is 469 g/mol. The van der Waals surface area contributed by atoms with Crippen LogP contribution >= 0.6 is 31.4 Å². The lowest BCUT2D eigenvalue weighted by Gasteiger charge is -2.28. The van der Waals surface area contributed by atoms with Gasteiger partial charge in [0.1, 0.15) is 0 Å². The molecule has 0 fully saturated rings. The van der Waals surface area contributed by atoms with Gasteiger partial charge < -0.3 is 10.6 Å². The lowest BCUT2D eigenvalue weighted by atomic mass is 9.87. The average Bonchev–Trinajstić information content (AvgIpc) is 2.82. The highest BCUT2D eigenvalue weighted by Crippen LogP contribution is 2.33. The molecule has 0 aromatic heterocycles. The summed E-state index contributed by atoms with van der Waals surface area (Å²) in [6.07, 6.45) is 5.16. The zero-order valence-corrected chi connectivity index (χ0v) is 21.7. The predicted octanol–water partition coefficient (Wildman–Crippen LogP) is 7.17. The van der Waals surface area contributed by atoms with Crippen LogP contribution in [-0.2, 0) is 23.8 Å². The molecule has 0 aliphatic heterocycles. The van der Waals surface area contributed by atoms with E-state index in [-0.39, 0.29) is 6.16 Å². The summed E-state index contributed by atoms with van der Waals surface area (Å²) in [4.78, 5) is 11.5. The van der Waals surface area contributed by atoms with Crippen LogP contribution in [0.15, 0.2) is 82.6 Å². The first-order valence-corrected chi connectivity index (χ1v) is 14.2. The van der Waals surface area contributed by atoms with Crippen LogP contribution in [0.1, 0.15) is 42.9 Å². The van der Waals surface area contributed by atoms with Crippen molar-refractivity contribution in [2.75, 3.05) is 6.16 Å². The Hall–Kier alpha value is -1.55. The molecule has 0 saturated heterocycles. The van der Waals surface area contributed by atoms with E-state index in [9.17, 15) is 4.57 Å². The Morgan fingerprint density at radius 1 is 0.909 bits per heavy atom. The number of halogens is 1. The largest absolute Gasteiger partial charge is 0.346 e. The van der Waals surface area contributed by atoms with E-state index in [1.807, 2.05) is 13.0 Å². The van der Waals surface area contributed by atoms with Gasteiger partial charge in [-0.1, -0.05) is 78.8 Å². The molecular formula is C27H33ClNO2PS. The zero-order chi connectivity index (χ0) is 23.7. The Balaban J connectivity index is 1.59. The fraction of sp³-hybridized carbons (Fsp3) is 0.333. The van der Waals surface area contributed by atoms with Crippen LogP contribution in [0.25, 0.3) is 0 Å². The summed E-state index contributed by atoms with van der Waals surface area (Å²) < 4.78 is 11.1. The summed E-state index contributed by atoms with van der Waals surface area (Å²) in [6.45, 7) is 2.03. The van der Waals surface area contributed by atoms with E-state index in [0.717, 1.165) is 47.6 Å². The lowest BCUT2D eigenvalue weighted by Crippen LogP contribution is -2.40. The van der Waals surface area contributed by atoms with Gasteiger partial charge in [0, 0.05) is 26.5 Å². The molecule has 0 spiro atoms. The number of hydrogen-bond acceptors (Lipinski definition) is 3. The molecule has 0 bridgehead atoms. The molecule has 2 atom stereocenters. The van der Waals surface area contributed by atoms with Crippen LogP contribution in [-0.4, -0.2) is 16.6 Å². The lowest BCUT2D eigenvalue weighted by molar-refractivity contribution is 0.364. The SMILES string of the molecule is CC[C@](N)(CCc1ccc(Sc2cccc(CCc3ccccc3)c2)cc1Cl)CC[PH](=O)O. The quantitative estimate of drug-likeness (QED) is 0.258. The molecule has 3 rings (SSSR count). The number of nitrogens with two attached hydrogens (primary N) is 1. The number of rotatable bonds is 12. The zero-order valence-electron chi connectivity index (χ0n) is 19.1. The Labute approximate surface area is 207 Å². The standard InChI is InChI=1S/C27H33ClNO2PS/c1-2-27(29,17-18-32(30)31)16-15-23-13-14-25(20-26(23)28)33-24-10-6-9-22(19-24)12-11-21-7-4-3-5-8-21/h3-10,13-14,19-20,32H,2,11-12,15-18,29H2,1H3,(H,30,31)/t27-/m0/s1. The van der Waals surface area contributed by atoms with Crippen LogP contribution in [0.5, 0.6) is 0 Å². The van der Waals surface area contributed by atoms with Crippen molar-refractivity contribution in [3.8, 4) is 0 Å². The topological polar surface area (TPSA) is 63.3 Å². The Kier molecular flexibility index (Phi) is 10.1. The van der Waals surface area contributed by atoms with Crippen molar-refractivity contribution in [3.63, 3.8) is 0 Å². The van der Waals surface area contributed by atoms with Gasteiger partial charge in [-0.3, -0.25) is 4.57 Å². The van der Waals surface area contributed by atoms with Crippen molar-refractivity contribution >= 4 is 31.4 Å². The van der Waals surface area contributed by atoms with Gasteiger partial charge in [-0.15, -0.1) is 0 Å². The molecule has 3 aromatic rings. The van der Waals surface area contributed by atoms with E-state index in [4.69, 9.17) is 22.2 Å². The fourth-order valence-electron chi connectivity index (χ4n) is 3.85.